The van der Waals surface area contributed by atoms with E-state index in [0.717, 1.165) is 28.2 Å². The predicted molar refractivity (Wildman–Crippen MR) is 129 cm³/mol. The maximum Gasteiger partial charge on any atom is 0.242 e. The van der Waals surface area contributed by atoms with Crippen molar-refractivity contribution in [3.8, 4) is 5.69 Å². The molecule has 0 bridgehead atoms. The van der Waals surface area contributed by atoms with Gasteiger partial charge in [-0.15, -0.1) is 0 Å². The zero-order valence-corrected chi connectivity index (χ0v) is 19.6. The van der Waals surface area contributed by atoms with Crippen molar-refractivity contribution in [2.75, 3.05) is 26.2 Å². The number of carbonyl (C=O) groups is 2. The lowest BCUT2D eigenvalue weighted by Gasteiger charge is -2.34. The second-order valence-corrected chi connectivity index (χ2v) is 8.66. The number of rotatable bonds is 7. The zero-order chi connectivity index (χ0) is 23.4. The molecule has 1 aromatic heterocycles. The summed E-state index contributed by atoms with van der Waals surface area (Å²) in [5.74, 6) is -0.214. The van der Waals surface area contributed by atoms with Gasteiger partial charge in [-0.05, 0) is 50.1 Å². The Morgan fingerprint density at radius 1 is 1.18 bits per heavy atom. The molecule has 7 nitrogen and oxygen atoms in total. The molecule has 172 valence electrons. The average molecular weight is 466 g/mol. The van der Waals surface area contributed by atoms with Crippen LogP contribution < -0.4 is 10.6 Å². The van der Waals surface area contributed by atoms with E-state index >= 15 is 0 Å². The Morgan fingerprint density at radius 3 is 2.73 bits per heavy atom. The number of nitrogens with zero attached hydrogens (tertiary/aromatic N) is 3. The molecule has 33 heavy (non-hydrogen) atoms. The Balaban J connectivity index is 1.48. The molecule has 4 rings (SSSR count). The summed E-state index contributed by atoms with van der Waals surface area (Å²) in [7, 11) is 0. The third-order valence-electron chi connectivity index (χ3n) is 5.90. The van der Waals surface area contributed by atoms with Gasteiger partial charge in [0.1, 0.15) is 6.04 Å². The number of hydrogen-bond donors (Lipinski definition) is 2. The smallest absolute Gasteiger partial charge is 0.242 e. The number of aromatic nitrogens is 2. The molecular weight excluding hydrogens is 438 g/mol. The Kier molecular flexibility index (Phi) is 7.11. The highest BCUT2D eigenvalue weighted by atomic mass is 35.5. The van der Waals surface area contributed by atoms with E-state index in [9.17, 15) is 9.59 Å². The minimum Gasteiger partial charge on any atom is -0.355 e. The lowest BCUT2D eigenvalue weighted by molar-refractivity contribution is -0.131. The molecule has 2 N–H and O–H groups in total. The van der Waals surface area contributed by atoms with Gasteiger partial charge in [0.2, 0.25) is 11.8 Å². The molecule has 0 saturated carbocycles. The Morgan fingerprint density at radius 2 is 1.97 bits per heavy atom. The van der Waals surface area contributed by atoms with Crippen LogP contribution >= 0.6 is 11.6 Å². The number of hydrogen-bond acceptors (Lipinski definition) is 4. The largest absolute Gasteiger partial charge is 0.355 e. The summed E-state index contributed by atoms with van der Waals surface area (Å²) in [6.07, 6.45) is 0.693. The van der Waals surface area contributed by atoms with Gasteiger partial charge < -0.3 is 10.6 Å². The lowest BCUT2D eigenvalue weighted by Crippen LogP contribution is -2.53. The van der Waals surface area contributed by atoms with Gasteiger partial charge in [-0.1, -0.05) is 41.9 Å². The van der Waals surface area contributed by atoms with Crippen molar-refractivity contribution in [1.82, 2.24) is 25.3 Å². The van der Waals surface area contributed by atoms with Crippen LogP contribution in [0.5, 0.6) is 0 Å². The van der Waals surface area contributed by atoms with Crippen molar-refractivity contribution in [2.24, 2.45) is 0 Å². The fraction of sp³-hybridized carbons (Fsp3) is 0.320. The van der Waals surface area contributed by atoms with Crippen molar-refractivity contribution < 1.29 is 9.59 Å². The summed E-state index contributed by atoms with van der Waals surface area (Å²) in [6, 6.07) is 16.9. The van der Waals surface area contributed by atoms with E-state index in [-0.39, 0.29) is 18.4 Å². The molecular formula is C25H28ClN5O2. The Bertz CT molecular complexity index is 1140. The van der Waals surface area contributed by atoms with E-state index in [1.807, 2.05) is 78.0 Å². The van der Waals surface area contributed by atoms with Gasteiger partial charge in [0.05, 0.1) is 17.9 Å². The number of carbonyl (C=O) groups excluding carboxylic acids is 2. The fourth-order valence-corrected chi connectivity index (χ4v) is 4.56. The van der Waals surface area contributed by atoms with E-state index in [0.29, 0.717) is 31.1 Å². The van der Waals surface area contributed by atoms with Gasteiger partial charge in [0.15, 0.2) is 0 Å². The molecule has 0 spiro atoms. The second-order valence-electron chi connectivity index (χ2n) is 8.23. The lowest BCUT2D eigenvalue weighted by atomic mass is 10.00. The third kappa shape index (κ3) is 5.26. The molecule has 1 fully saturated rings. The summed E-state index contributed by atoms with van der Waals surface area (Å²) in [4.78, 5) is 27.6. The number of para-hydroxylation sites is 1. The highest BCUT2D eigenvalue weighted by molar-refractivity contribution is 6.30. The molecule has 0 aliphatic carbocycles. The highest BCUT2D eigenvalue weighted by Gasteiger charge is 2.36. The van der Waals surface area contributed by atoms with Crippen LogP contribution in [-0.4, -0.2) is 52.7 Å². The highest BCUT2D eigenvalue weighted by Crippen LogP contribution is 2.30. The first kappa shape index (κ1) is 23.0. The SMILES string of the molecule is Cc1nn(-c2ccccc2)c(C)c1C1C(=O)NCCN1CC(=O)NCCc1cccc(Cl)c1. The van der Waals surface area contributed by atoms with Crippen LogP contribution in [0.25, 0.3) is 5.69 Å². The molecule has 1 saturated heterocycles. The Hall–Kier alpha value is -3.16. The van der Waals surface area contributed by atoms with Gasteiger partial charge >= 0.3 is 0 Å². The molecule has 0 radical (unpaired) electrons. The molecule has 1 aliphatic heterocycles. The zero-order valence-electron chi connectivity index (χ0n) is 18.8. The molecule has 2 heterocycles. The second kappa shape index (κ2) is 10.2. The fourth-order valence-electron chi connectivity index (χ4n) is 4.35. The van der Waals surface area contributed by atoms with Crippen LogP contribution in [0.3, 0.4) is 0 Å². The van der Waals surface area contributed by atoms with Gasteiger partial charge in [-0.25, -0.2) is 4.68 Å². The van der Waals surface area contributed by atoms with Crippen LogP contribution in [0.15, 0.2) is 54.6 Å². The monoisotopic (exact) mass is 465 g/mol. The summed E-state index contributed by atoms with van der Waals surface area (Å²) >= 11 is 6.03. The minimum atomic E-state index is -0.560. The van der Waals surface area contributed by atoms with E-state index in [1.165, 1.54) is 0 Å². The van der Waals surface area contributed by atoms with Crippen molar-refractivity contribution in [3.05, 3.63) is 82.1 Å². The molecule has 1 atom stereocenters. The van der Waals surface area contributed by atoms with Crippen LogP contribution in [0.1, 0.15) is 28.6 Å². The topological polar surface area (TPSA) is 79.3 Å². The number of piperazine rings is 1. The third-order valence-corrected chi connectivity index (χ3v) is 6.14. The molecule has 3 aromatic rings. The van der Waals surface area contributed by atoms with Gasteiger partial charge in [-0.2, -0.15) is 5.10 Å². The minimum absolute atomic E-state index is 0.105. The summed E-state index contributed by atoms with van der Waals surface area (Å²) in [5.41, 5.74) is 4.53. The van der Waals surface area contributed by atoms with E-state index < -0.39 is 6.04 Å². The van der Waals surface area contributed by atoms with Crippen LogP contribution in [-0.2, 0) is 16.0 Å². The average Bonchev–Trinajstić information content (AvgIpc) is 3.08. The first-order chi connectivity index (χ1) is 15.9. The van der Waals surface area contributed by atoms with Crippen molar-refractivity contribution >= 4 is 23.4 Å². The maximum atomic E-state index is 12.9. The van der Waals surface area contributed by atoms with Gasteiger partial charge in [0.25, 0.3) is 0 Å². The summed E-state index contributed by atoms with van der Waals surface area (Å²) < 4.78 is 1.86. The summed E-state index contributed by atoms with van der Waals surface area (Å²) in [6.45, 7) is 5.63. The van der Waals surface area contributed by atoms with Gasteiger partial charge in [0, 0.05) is 35.9 Å². The quantitative estimate of drug-likeness (QED) is 0.562. The first-order valence-electron chi connectivity index (χ1n) is 11.1. The van der Waals surface area contributed by atoms with Crippen LogP contribution in [0.4, 0.5) is 0 Å². The molecule has 2 aromatic carbocycles. The number of nitrogens with one attached hydrogen (secondary N) is 2. The predicted octanol–water partition coefficient (Wildman–Crippen LogP) is 2.97. The van der Waals surface area contributed by atoms with Crippen LogP contribution in [0, 0.1) is 13.8 Å². The molecule has 1 aliphatic rings. The van der Waals surface area contributed by atoms with Crippen molar-refractivity contribution in [1.29, 1.82) is 0 Å². The number of aryl methyl sites for hydroxylation is 1. The normalized spacial score (nSPS) is 16.5. The van der Waals surface area contributed by atoms with E-state index in [4.69, 9.17) is 16.7 Å². The van der Waals surface area contributed by atoms with E-state index in [2.05, 4.69) is 10.6 Å². The molecule has 1 unspecified atom stereocenters. The number of benzene rings is 2. The van der Waals surface area contributed by atoms with E-state index in [1.54, 1.807) is 0 Å². The first-order valence-corrected chi connectivity index (χ1v) is 11.5. The van der Waals surface area contributed by atoms with Gasteiger partial charge in [-0.3, -0.25) is 14.5 Å². The number of amides is 2. The van der Waals surface area contributed by atoms with Crippen molar-refractivity contribution in [2.45, 2.75) is 26.3 Å². The maximum absolute atomic E-state index is 12.9. The van der Waals surface area contributed by atoms with Crippen molar-refractivity contribution in [3.63, 3.8) is 0 Å². The molecule has 2 amide bonds. The molecule has 8 heteroatoms. The summed E-state index contributed by atoms with van der Waals surface area (Å²) in [5, 5.41) is 11.3. The number of halogens is 1. The Labute approximate surface area is 198 Å². The van der Waals surface area contributed by atoms with Crippen LogP contribution in [0.2, 0.25) is 5.02 Å². The standard InChI is InChI=1S/C25H28ClN5O2/c1-17-23(18(2)31(29-17)21-9-4-3-5-10-21)24-25(33)28-13-14-30(24)16-22(32)27-12-11-19-7-6-8-20(26)15-19/h3-10,15,24H,11-14,16H2,1-2H3,(H,27,32)(H,28,33).